The molecule has 2 aliphatic rings. The smallest absolute Gasteiger partial charge is 0.0525 e. The monoisotopic (exact) mass is 348 g/mol. The van der Waals surface area contributed by atoms with Gasteiger partial charge in [0, 0.05) is 11.8 Å². The number of benzene rings is 3. The van der Waals surface area contributed by atoms with Crippen molar-refractivity contribution in [3.63, 3.8) is 0 Å². The first-order valence-corrected chi connectivity index (χ1v) is 9.80. The molecule has 0 saturated heterocycles. The lowest BCUT2D eigenvalue weighted by molar-refractivity contribution is 0.456. The molecular weight excluding hydrogens is 324 g/mol. The van der Waals surface area contributed by atoms with Crippen LogP contribution in [0.3, 0.4) is 0 Å². The van der Waals surface area contributed by atoms with E-state index in [0.717, 1.165) is 0 Å². The maximum atomic E-state index is 2.42. The molecule has 3 aromatic rings. The average Bonchev–Trinajstić information content (AvgIpc) is 3.01. The average molecular weight is 348 g/mol. The summed E-state index contributed by atoms with van der Waals surface area (Å²) >= 11 is 0. The van der Waals surface area contributed by atoms with Crippen molar-refractivity contribution in [1.29, 1.82) is 0 Å². The Labute approximate surface area is 161 Å². The lowest BCUT2D eigenvalue weighted by atomic mass is 9.63. The van der Waals surface area contributed by atoms with Crippen LogP contribution in [0.15, 0.2) is 97.1 Å². The molecule has 2 aliphatic carbocycles. The Morgan fingerprint density at radius 2 is 1.19 bits per heavy atom. The van der Waals surface area contributed by atoms with Crippen molar-refractivity contribution in [2.45, 2.75) is 25.2 Å². The molecular formula is C27H24. The Kier molecular flexibility index (Phi) is 3.68. The molecule has 0 N–H and O–H groups in total. The lowest BCUT2D eigenvalue weighted by Crippen LogP contribution is -2.35. The van der Waals surface area contributed by atoms with Gasteiger partial charge < -0.3 is 0 Å². The zero-order chi connectivity index (χ0) is 18.4. The molecule has 5 rings (SSSR count). The molecule has 132 valence electrons. The normalized spacial score (nSPS) is 21.7. The summed E-state index contributed by atoms with van der Waals surface area (Å²) in [6, 6.07) is 27.4. The van der Waals surface area contributed by atoms with Crippen LogP contribution in [0.5, 0.6) is 0 Å². The van der Waals surface area contributed by atoms with Gasteiger partial charge in [-0.3, -0.25) is 0 Å². The third-order valence-electron chi connectivity index (χ3n) is 6.39. The van der Waals surface area contributed by atoms with Gasteiger partial charge in [0.2, 0.25) is 0 Å². The maximum Gasteiger partial charge on any atom is 0.0525 e. The fourth-order valence-corrected chi connectivity index (χ4v) is 5.14. The number of rotatable bonds is 2. The largest absolute Gasteiger partial charge is 0.0789 e. The highest BCUT2D eigenvalue weighted by Gasteiger charge is 2.52. The molecule has 0 aliphatic heterocycles. The van der Waals surface area contributed by atoms with Crippen LogP contribution in [0.4, 0.5) is 0 Å². The van der Waals surface area contributed by atoms with Crippen molar-refractivity contribution < 1.29 is 0 Å². The lowest BCUT2D eigenvalue weighted by Gasteiger charge is -2.39. The number of allylic oxidation sites excluding steroid dienone is 4. The van der Waals surface area contributed by atoms with Gasteiger partial charge in [-0.15, -0.1) is 0 Å². The molecule has 2 unspecified atom stereocenters. The first-order valence-electron chi connectivity index (χ1n) is 9.80. The number of fused-ring (bicyclic) bond motifs is 3. The van der Waals surface area contributed by atoms with Gasteiger partial charge in [-0.05, 0) is 36.1 Å². The molecule has 0 radical (unpaired) electrons. The highest BCUT2D eigenvalue weighted by atomic mass is 14.5. The van der Waals surface area contributed by atoms with Gasteiger partial charge in [-0.2, -0.15) is 0 Å². The van der Waals surface area contributed by atoms with Crippen LogP contribution in [0.2, 0.25) is 0 Å². The van der Waals surface area contributed by atoms with E-state index in [4.69, 9.17) is 0 Å². The molecule has 0 fully saturated rings. The minimum absolute atomic E-state index is 0.149. The summed E-state index contributed by atoms with van der Waals surface area (Å²) in [6.45, 7) is 4.33. The second-order valence-corrected chi connectivity index (χ2v) is 7.95. The van der Waals surface area contributed by atoms with Crippen molar-refractivity contribution in [1.82, 2.24) is 0 Å². The molecule has 3 aromatic carbocycles. The molecule has 0 spiro atoms. The van der Waals surface area contributed by atoms with Gasteiger partial charge in [0.05, 0.1) is 5.41 Å². The summed E-state index contributed by atoms with van der Waals surface area (Å²) in [7, 11) is 0. The van der Waals surface area contributed by atoms with Crippen LogP contribution in [0.1, 0.15) is 39.3 Å². The van der Waals surface area contributed by atoms with Gasteiger partial charge in [-0.25, -0.2) is 0 Å². The van der Waals surface area contributed by atoms with Gasteiger partial charge >= 0.3 is 0 Å². The molecule has 0 bridgehead atoms. The quantitative estimate of drug-likeness (QED) is 0.497. The summed E-state index contributed by atoms with van der Waals surface area (Å²) in [5, 5.41) is 0. The molecule has 0 heteroatoms. The first kappa shape index (κ1) is 16.3. The predicted molar refractivity (Wildman–Crippen MR) is 113 cm³/mol. The molecule has 0 nitrogen and oxygen atoms in total. The minimum Gasteiger partial charge on any atom is -0.0789 e. The van der Waals surface area contributed by atoms with Gasteiger partial charge in [-0.1, -0.05) is 108 Å². The van der Waals surface area contributed by atoms with Crippen molar-refractivity contribution >= 4 is 0 Å². The Hall–Kier alpha value is -2.86. The van der Waals surface area contributed by atoms with Crippen molar-refractivity contribution in [2.75, 3.05) is 0 Å². The van der Waals surface area contributed by atoms with Crippen molar-refractivity contribution in [3.05, 3.63) is 130 Å². The van der Waals surface area contributed by atoms with E-state index in [9.17, 15) is 0 Å². The first-order chi connectivity index (χ1) is 13.2. The maximum absolute atomic E-state index is 2.42. The third kappa shape index (κ3) is 2.29. The Morgan fingerprint density at radius 3 is 1.81 bits per heavy atom. The highest BCUT2D eigenvalue weighted by molar-refractivity contribution is 5.62. The molecule has 0 amide bonds. The third-order valence-corrected chi connectivity index (χ3v) is 6.39. The zero-order valence-electron chi connectivity index (χ0n) is 15.9. The van der Waals surface area contributed by atoms with Crippen LogP contribution >= 0.6 is 0 Å². The topological polar surface area (TPSA) is 0 Å². The van der Waals surface area contributed by atoms with E-state index in [1.54, 1.807) is 0 Å². The summed E-state index contributed by atoms with van der Waals surface area (Å²) in [4.78, 5) is 0. The van der Waals surface area contributed by atoms with E-state index in [1.165, 1.54) is 33.4 Å². The minimum atomic E-state index is -0.149. The van der Waals surface area contributed by atoms with Gasteiger partial charge in [0.15, 0.2) is 0 Å². The van der Waals surface area contributed by atoms with Crippen molar-refractivity contribution in [3.8, 4) is 0 Å². The molecule has 0 aromatic heterocycles. The summed E-state index contributed by atoms with van der Waals surface area (Å²) in [6.07, 6.45) is 9.24. The summed E-state index contributed by atoms with van der Waals surface area (Å²) in [5.41, 5.74) is 8.14. The van der Waals surface area contributed by atoms with Crippen molar-refractivity contribution in [2.24, 2.45) is 5.92 Å². The standard InChI is InChI=1S/C27H24/c1-19-11-15-21(16-12-19)27(22-17-13-20(2)14-18-22)25-9-5-3-7-23(25)24-8-4-6-10-26(24)27/h3-18,23,25H,1-2H3. The zero-order valence-corrected chi connectivity index (χ0v) is 15.9. The van der Waals surface area contributed by atoms with E-state index in [1.807, 2.05) is 0 Å². The van der Waals surface area contributed by atoms with E-state index in [-0.39, 0.29) is 5.41 Å². The Bertz CT molecular complexity index is 987. The highest BCUT2D eigenvalue weighted by Crippen LogP contribution is 2.59. The van der Waals surface area contributed by atoms with Crippen LogP contribution < -0.4 is 0 Å². The Morgan fingerprint density at radius 1 is 0.630 bits per heavy atom. The summed E-state index contributed by atoms with van der Waals surface area (Å²) in [5.74, 6) is 0.819. The fraction of sp³-hybridized carbons (Fsp3) is 0.185. The number of hydrogen-bond donors (Lipinski definition) is 0. The molecule has 0 heterocycles. The van der Waals surface area contributed by atoms with Crippen LogP contribution in [0.25, 0.3) is 0 Å². The second kappa shape index (κ2) is 6.09. The van der Waals surface area contributed by atoms with Crippen LogP contribution in [-0.4, -0.2) is 0 Å². The van der Waals surface area contributed by atoms with Crippen LogP contribution in [0, 0.1) is 19.8 Å². The van der Waals surface area contributed by atoms with Gasteiger partial charge in [0.1, 0.15) is 0 Å². The molecule has 2 atom stereocenters. The van der Waals surface area contributed by atoms with E-state index in [0.29, 0.717) is 11.8 Å². The van der Waals surface area contributed by atoms with Crippen LogP contribution in [-0.2, 0) is 5.41 Å². The molecule has 0 saturated carbocycles. The van der Waals surface area contributed by atoms with Gasteiger partial charge in [0.25, 0.3) is 0 Å². The van der Waals surface area contributed by atoms with E-state index >= 15 is 0 Å². The fourth-order valence-electron chi connectivity index (χ4n) is 5.14. The van der Waals surface area contributed by atoms with E-state index < -0.39 is 0 Å². The Balaban J connectivity index is 1.88. The number of hydrogen-bond acceptors (Lipinski definition) is 0. The molecule has 27 heavy (non-hydrogen) atoms. The predicted octanol–water partition coefficient (Wildman–Crippen LogP) is 6.48. The summed E-state index contributed by atoms with van der Waals surface area (Å²) < 4.78 is 0. The second-order valence-electron chi connectivity index (χ2n) is 7.95. The number of aryl methyl sites for hydroxylation is 2. The van der Waals surface area contributed by atoms with E-state index in [2.05, 4.69) is 111 Å². The SMILES string of the molecule is Cc1ccc(C2(c3ccc(C)cc3)c3ccccc3C3C=CC=CC32)cc1.